The number of pyridine rings is 1. The summed E-state index contributed by atoms with van der Waals surface area (Å²) < 4.78 is 5.53. The van der Waals surface area contributed by atoms with Gasteiger partial charge in [-0.05, 0) is 60.8 Å². The van der Waals surface area contributed by atoms with Crippen molar-refractivity contribution in [2.24, 2.45) is 5.92 Å². The lowest BCUT2D eigenvalue weighted by atomic mass is 9.84. The zero-order chi connectivity index (χ0) is 22.8. The first-order valence-electron chi connectivity index (χ1n) is 11.3. The molecule has 1 N–H and O–H groups in total. The van der Waals surface area contributed by atoms with Gasteiger partial charge in [0, 0.05) is 16.8 Å². The maximum atomic E-state index is 13.2. The van der Waals surface area contributed by atoms with Crippen LogP contribution in [0.25, 0.3) is 10.9 Å². The standard InChI is InChI=1S/C27H30N2O3/c1-16(2)19-10-7-8-18(4)26(19)29-24(30)15-32-27(31)25-20-9-5-6-11-22(20)28-23-13-12-17(3)14-21(23)25/h5-11,16-17H,12-15H2,1-4H3,(H,29,30). The average molecular weight is 431 g/mol. The largest absolute Gasteiger partial charge is 0.452 e. The number of benzene rings is 2. The number of aromatic nitrogens is 1. The van der Waals surface area contributed by atoms with Gasteiger partial charge in [0.15, 0.2) is 6.61 Å². The molecule has 0 saturated carbocycles. The average Bonchev–Trinajstić information content (AvgIpc) is 2.77. The molecule has 1 aromatic heterocycles. The number of anilines is 1. The van der Waals surface area contributed by atoms with Crippen LogP contribution in [0, 0.1) is 12.8 Å². The molecule has 5 nitrogen and oxygen atoms in total. The van der Waals surface area contributed by atoms with E-state index in [0.717, 1.165) is 58.2 Å². The van der Waals surface area contributed by atoms with Crippen LogP contribution in [0.15, 0.2) is 42.5 Å². The van der Waals surface area contributed by atoms with Crippen molar-refractivity contribution in [1.29, 1.82) is 0 Å². The number of nitrogens with one attached hydrogen (secondary N) is 1. The van der Waals surface area contributed by atoms with Crippen molar-refractivity contribution in [3.05, 3.63) is 70.4 Å². The lowest BCUT2D eigenvalue weighted by molar-refractivity contribution is -0.119. The Morgan fingerprint density at radius 1 is 1.16 bits per heavy atom. The van der Waals surface area contributed by atoms with Gasteiger partial charge in [0.25, 0.3) is 5.91 Å². The second-order valence-electron chi connectivity index (χ2n) is 9.10. The number of hydrogen-bond donors (Lipinski definition) is 1. The highest BCUT2D eigenvalue weighted by molar-refractivity contribution is 6.06. The van der Waals surface area contributed by atoms with Crippen molar-refractivity contribution in [2.45, 2.75) is 52.9 Å². The molecule has 1 aliphatic carbocycles. The summed E-state index contributed by atoms with van der Waals surface area (Å²) in [6.07, 6.45) is 2.71. The number of amides is 1. The number of para-hydroxylation sites is 2. The second kappa shape index (κ2) is 9.11. The van der Waals surface area contributed by atoms with Gasteiger partial charge in [-0.1, -0.05) is 57.2 Å². The molecule has 2 aromatic carbocycles. The van der Waals surface area contributed by atoms with Crippen LogP contribution in [0.3, 0.4) is 0 Å². The Morgan fingerprint density at radius 2 is 1.94 bits per heavy atom. The summed E-state index contributed by atoms with van der Waals surface area (Å²) >= 11 is 0. The topological polar surface area (TPSA) is 68.3 Å². The zero-order valence-corrected chi connectivity index (χ0v) is 19.2. The summed E-state index contributed by atoms with van der Waals surface area (Å²) in [5, 5.41) is 3.73. The van der Waals surface area contributed by atoms with E-state index in [1.54, 1.807) is 0 Å². The first-order valence-corrected chi connectivity index (χ1v) is 11.3. The molecule has 32 heavy (non-hydrogen) atoms. The summed E-state index contributed by atoms with van der Waals surface area (Å²) in [6.45, 7) is 8.00. The fourth-order valence-electron chi connectivity index (χ4n) is 4.52. The Morgan fingerprint density at radius 3 is 2.72 bits per heavy atom. The highest BCUT2D eigenvalue weighted by Crippen LogP contribution is 2.32. The fourth-order valence-corrected chi connectivity index (χ4v) is 4.52. The Balaban J connectivity index is 1.57. The van der Waals surface area contributed by atoms with Gasteiger partial charge in [-0.3, -0.25) is 9.78 Å². The molecule has 4 rings (SSSR count). The van der Waals surface area contributed by atoms with Gasteiger partial charge < -0.3 is 10.1 Å². The summed E-state index contributed by atoms with van der Waals surface area (Å²) in [4.78, 5) is 30.7. The van der Waals surface area contributed by atoms with Gasteiger partial charge in [-0.2, -0.15) is 0 Å². The second-order valence-corrected chi connectivity index (χ2v) is 9.10. The highest BCUT2D eigenvalue weighted by Gasteiger charge is 2.26. The van der Waals surface area contributed by atoms with E-state index in [2.05, 4.69) is 26.1 Å². The molecule has 0 bridgehead atoms. The summed E-state index contributed by atoms with van der Waals surface area (Å²) in [7, 11) is 0. The molecule has 0 spiro atoms. The van der Waals surface area contributed by atoms with Crippen molar-refractivity contribution in [3.8, 4) is 0 Å². The lowest BCUT2D eigenvalue weighted by Gasteiger charge is -2.24. The molecule has 0 aliphatic heterocycles. The molecular weight excluding hydrogens is 400 g/mol. The Kier molecular flexibility index (Phi) is 6.26. The van der Waals surface area contributed by atoms with Crippen molar-refractivity contribution < 1.29 is 14.3 Å². The predicted molar refractivity (Wildman–Crippen MR) is 127 cm³/mol. The Hall–Kier alpha value is -3.21. The van der Waals surface area contributed by atoms with Crippen molar-refractivity contribution in [1.82, 2.24) is 4.98 Å². The third-order valence-corrected chi connectivity index (χ3v) is 6.24. The Bertz CT molecular complexity index is 1180. The van der Waals surface area contributed by atoms with Crippen LogP contribution in [-0.4, -0.2) is 23.5 Å². The van der Waals surface area contributed by atoms with Crippen LogP contribution < -0.4 is 5.32 Å². The molecule has 1 atom stereocenters. The van der Waals surface area contributed by atoms with Crippen LogP contribution in [0.4, 0.5) is 5.69 Å². The third kappa shape index (κ3) is 4.38. The maximum Gasteiger partial charge on any atom is 0.339 e. The smallest absolute Gasteiger partial charge is 0.339 e. The third-order valence-electron chi connectivity index (χ3n) is 6.24. The number of carbonyl (C=O) groups is 2. The van der Waals surface area contributed by atoms with Gasteiger partial charge in [0.1, 0.15) is 0 Å². The maximum absolute atomic E-state index is 13.2. The quantitative estimate of drug-likeness (QED) is 0.536. The predicted octanol–water partition coefficient (Wildman–Crippen LogP) is 5.59. The molecule has 3 aromatic rings. The molecule has 166 valence electrons. The van der Waals surface area contributed by atoms with Gasteiger partial charge in [0.05, 0.1) is 11.1 Å². The van der Waals surface area contributed by atoms with E-state index in [4.69, 9.17) is 9.72 Å². The first kappa shape index (κ1) is 22.0. The number of nitrogens with zero attached hydrogens (tertiary/aromatic N) is 1. The molecular formula is C27H30N2O3. The van der Waals surface area contributed by atoms with Gasteiger partial charge in [-0.25, -0.2) is 4.79 Å². The van der Waals surface area contributed by atoms with E-state index in [9.17, 15) is 9.59 Å². The summed E-state index contributed by atoms with van der Waals surface area (Å²) in [5.41, 5.74) is 6.13. The normalized spacial score (nSPS) is 15.5. The van der Waals surface area contributed by atoms with E-state index >= 15 is 0 Å². The van der Waals surface area contributed by atoms with Crippen LogP contribution in [0.2, 0.25) is 0 Å². The monoisotopic (exact) mass is 430 g/mol. The Labute approximate surface area is 189 Å². The molecule has 1 unspecified atom stereocenters. The van der Waals surface area contributed by atoms with Gasteiger partial charge >= 0.3 is 5.97 Å². The minimum absolute atomic E-state index is 0.268. The molecule has 1 aliphatic rings. The molecule has 1 heterocycles. The highest BCUT2D eigenvalue weighted by atomic mass is 16.5. The molecule has 5 heteroatoms. The number of rotatable bonds is 5. The van der Waals surface area contributed by atoms with Crippen LogP contribution in [-0.2, 0) is 22.4 Å². The molecule has 0 radical (unpaired) electrons. The molecule has 0 fully saturated rings. The fraction of sp³-hybridized carbons (Fsp3) is 0.370. The SMILES string of the molecule is Cc1cccc(C(C)C)c1NC(=O)COC(=O)c1c2c(nc3ccccc13)CCC(C)C2. The zero-order valence-electron chi connectivity index (χ0n) is 19.2. The van der Waals surface area contributed by atoms with Crippen LogP contribution >= 0.6 is 0 Å². The number of carbonyl (C=O) groups excluding carboxylic acids is 2. The number of esters is 1. The van der Waals surface area contributed by atoms with E-state index in [1.807, 2.05) is 49.4 Å². The van der Waals surface area contributed by atoms with Crippen molar-refractivity contribution in [2.75, 3.05) is 11.9 Å². The summed E-state index contributed by atoms with van der Waals surface area (Å²) in [6, 6.07) is 13.6. The number of aryl methyl sites for hydroxylation is 2. The van der Waals surface area contributed by atoms with E-state index in [0.29, 0.717) is 11.5 Å². The van der Waals surface area contributed by atoms with Gasteiger partial charge in [0.2, 0.25) is 0 Å². The molecule has 0 saturated heterocycles. The van der Waals surface area contributed by atoms with E-state index in [1.165, 1.54) is 0 Å². The van der Waals surface area contributed by atoms with Crippen LogP contribution in [0.5, 0.6) is 0 Å². The number of fused-ring (bicyclic) bond motifs is 2. The molecule has 1 amide bonds. The first-order chi connectivity index (χ1) is 15.3. The minimum atomic E-state index is -0.460. The van der Waals surface area contributed by atoms with Crippen LogP contribution in [0.1, 0.15) is 65.9 Å². The number of hydrogen-bond acceptors (Lipinski definition) is 4. The van der Waals surface area contributed by atoms with Crippen molar-refractivity contribution >= 4 is 28.5 Å². The van der Waals surface area contributed by atoms with E-state index < -0.39 is 5.97 Å². The minimum Gasteiger partial charge on any atom is -0.452 e. The van der Waals surface area contributed by atoms with Crippen molar-refractivity contribution in [3.63, 3.8) is 0 Å². The van der Waals surface area contributed by atoms with Gasteiger partial charge in [-0.15, -0.1) is 0 Å². The summed E-state index contributed by atoms with van der Waals surface area (Å²) in [5.74, 6) is -0.0478. The lowest BCUT2D eigenvalue weighted by Crippen LogP contribution is -2.24. The number of ether oxygens (including phenoxy) is 1. The van der Waals surface area contributed by atoms with E-state index in [-0.39, 0.29) is 18.4 Å².